The van der Waals surface area contributed by atoms with Gasteiger partial charge in [0.2, 0.25) is 0 Å². The molecule has 1 unspecified atom stereocenters. The van der Waals surface area contributed by atoms with Crippen LogP contribution in [0.5, 0.6) is 0 Å². The van der Waals surface area contributed by atoms with Crippen molar-refractivity contribution in [3.8, 4) is 0 Å². The number of ether oxygens (including phenoxy) is 1. The van der Waals surface area contributed by atoms with Crippen LogP contribution < -0.4 is 5.32 Å². The summed E-state index contributed by atoms with van der Waals surface area (Å²) >= 11 is 7.55. The standard InChI is InChI=1S/C11H17ClN2OS/c1-14(7-9-6-13-4-5-15-9)8-10-2-3-11(12)16-10/h2-3,9,13H,4-8H2,1H3. The van der Waals surface area contributed by atoms with Gasteiger partial charge in [-0.1, -0.05) is 11.6 Å². The Morgan fingerprint density at radius 2 is 2.50 bits per heavy atom. The highest BCUT2D eigenvalue weighted by molar-refractivity contribution is 7.16. The maximum absolute atomic E-state index is 5.90. The summed E-state index contributed by atoms with van der Waals surface area (Å²) in [4.78, 5) is 3.58. The molecule has 90 valence electrons. The minimum absolute atomic E-state index is 0.314. The largest absolute Gasteiger partial charge is 0.374 e. The Bertz CT molecular complexity index is 326. The van der Waals surface area contributed by atoms with Crippen molar-refractivity contribution in [3.63, 3.8) is 0 Å². The predicted octanol–water partition coefficient (Wildman–Crippen LogP) is 1.82. The van der Waals surface area contributed by atoms with E-state index < -0.39 is 0 Å². The number of hydrogen-bond acceptors (Lipinski definition) is 4. The Labute approximate surface area is 105 Å². The molecule has 0 radical (unpaired) electrons. The Hall–Kier alpha value is -0.130. The van der Waals surface area contributed by atoms with Gasteiger partial charge >= 0.3 is 0 Å². The summed E-state index contributed by atoms with van der Waals surface area (Å²) in [5.41, 5.74) is 0. The maximum atomic E-state index is 5.90. The van der Waals surface area contributed by atoms with E-state index in [-0.39, 0.29) is 0 Å². The lowest BCUT2D eigenvalue weighted by Gasteiger charge is -2.27. The molecule has 0 spiro atoms. The number of likely N-dealkylation sites (N-methyl/N-ethyl adjacent to an activating group) is 1. The maximum Gasteiger partial charge on any atom is 0.0931 e. The van der Waals surface area contributed by atoms with E-state index in [0.29, 0.717) is 6.10 Å². The first-order chi connectivity index (χ1) is 7.74. The molecule has 0 saturated carbocycles. The molecule has 1 atom stereocenters. The smallest absolute Gasteiger partial charge is 0.0931 e. The van der Waals surface area contributed by atoms with Crippen molar-refractivity contribution in [2.75, 3.05) is 33.3 Å². The Balaban J connectivity index is 1.77. The molecule has 2 heterocycles. The average Bonchev–Trinajstić information content (AvgIpc) is 2.65. The van der Waals surface area contributed by atoms with Crippen LogP contribution in [-0.2, 0) is 11.3 Å². The minimum Gasteiger partial charge on any atom is -0.374 e. The number of thiophene rings is 1. The molecule has 1 aliphatic rings. The molecule has 1 N–H and O–H groups in total. The topological polar surface area (TPSA) is 24.5 Å². The quantitative estimate of drug-likeness (QED) is 0.894. The zero-order chi connectivity index (χ0) is 11.4. The van der Waals surface area contributed by atoms with E-state index in [9.17, 15) is 0 Å². The third kappa shape index (κ3) is 3.71. The van der Waals surface area contributed by atoms with Crippen molar-refractivity contribution in [2.45, 2.75) is 12.6 Å². The monoisotopic (exact) mass is 260 g/mol. The summed E-state index contributed by atoms with van der Waals surface area (Å²) in [5, 5.41) is 3.34. The van der Waals surface area contributed by atoms with E-state index in [1.807, 2.05) is 6.07 Å². The molecule has 0 aliphatic carbocycles. The van der Waals surface area contributed by atoms with Crippen molar-refractivity contribution in [2.24, 2.45) is 0 Å². The van der Waals surface area contributed by atoms with E-state index >= 15 is 0 Å². The van der Waals surface area contributed by atoms with Crippen LogP contribution in [0.3, 0.4) is 0 Å². The third-order valence-electron chi connectivity index (χ3n) is 2.57. The molecule has 1 saturated heterocycles. The van der Waals surface area contributed by atoms with E-state index in [4.69, 9.17) is 16.3 Å². The molecular weight excluding hydrogens is 244 g/mol. The summed E-state index contributed by atoms with van der Waals surface area (Å²) in [6, 6.07) is 4.04. The van der Waals surface area contributed by atoms with Crippen LogP contribution in [0.4, 0.5) is 0 Å². The van der Waals surface area contributed by atoms with Crippen molar-refractivity contribution in [3.05, 3.63) is 21.3 Å². The molecule has 16 heavy (non-hydrogen) atoms. The van der Waals surface area contributed by atoms with Crippen LogP contribution in [0, 0.1) is 0 Å². The first-order valence-electron chi connectivity index (χ1n) is 5.49. The fourth-order valence-electron chi connectivity index (χ4n) is 1.85. The fraction of sp³-hybridized carbons (Fsp3) is 0.636. The third-order valence-corrected chi connectivity index (χ3v) is 3.79. The number of nitrogens with zero attached hydrogens (tertiary/aromatic N) is 1. The second kappa shape index (κ2) is 5.98. The fourth-order valence-corrected chi connectivity index (χ4v) is 3.02. The normalized spacial score (nSPS) is 21.6. The first kappa shape index (κ1) is 12.3. The lowest BCUT2D eigenvalue weighted by Crippen LogP contribution is -2.44. The predicted molar refractivity (Wildman–Crippen MR) is 68.3 cm³/mol. The number of rotatable bonds is 4. The first-order valence-corrected chi connectivity index (χ1v) is 6.68. The Kier molecular flexibility index (Phi) is 4.61. The molecule has 1 aromatic rings. The highest BCUT2D eigenvalue weighted by atomic mass is 35.5. The van der Waals surface area contributed by atoms with Gasteiger partial charge in [0, 0.05) is 31.1 Å². The van der Waals surface area contributed by atoms with Gasteiger partial charge in [-0.05, 0) is 19.2 Å². The summed E-state index contributed by atoms with van der Waals surface area (Å²) in [6.45, 7) is 4.65. The van der Waals surface area contributed by atoms with Crippen LogP contribution in [0.15, 0.2) is 12.1 Å². The van der Waals surface area contributed by atoms with E-state index in [2.05, 4.69) is 23.3 Å². The van der Waals surface area contributed by atoms with Crippen molar-refractivity contribution in [1.29, 1.82) is 0 Å². The second-order valence-electron chi connectivity index (χ2n) is 4.10. The van der Waals surface area contributed by atoms with E-state index in [1.54, 1.807) is 11.3 Å². The Morgan fingerprint density at radius 1 is 1.62 bits per heavy atom. The molecule has 0 aromatic carbocycles. The van der Waals surface area contributed by atoms with Crippen molar-refractivity contribution in [1.82, 2.24) is 10.2 Å². The summed E-state index contributed by atoms with van der Waals surface area (Å²) in [5.74, 6) is 0. The van der Waals surface area contributed by atoms with Gasteiger partial charge in [-0.25, -0.2) is 0 Å². The molecule has 0 amide bonds. The molecule has 0 bridgehead atoms. The number of nitrogens with one attached hydrogen (secondary N) is 1. The number of halogens is 1. The zero-order valence-electron chi connectivity index (χ0n) is 9.41. The van der Waals surface area contributed by atoms with Crippen LogP contribution in [-0.4, -0.2) is 44.3 Å². The second-order valence-corrected chi connectivity index (χ2v) is 5.90. The summed E-state index contributed by atoms with van der Waals surface area (Å²) in [6.07, 6.45) is 0.314. The number of morpholine rings is 1. The van der Waals surface area contributed by atoms with Crippen LogP contribution in [0.1, 0.15) is 4.88 Å². The number of hydrogen-bond donors (Lipinski definition) is 1. The van der Waals surface area contributed by atoms with Crippen molar-refractivity contribution < 1.29 is 4.74 Å². The molecule has 2 rings (SSSR count). The van der Waals surface area contributed by atoms with Crippen LogP contribution in [0.2, 0.25) is 4.34 Å². The lowest BCUT2D eigenvalue weighted by atomic mass is 10.3. The molecule has 1 aromatic heterocycles. The van der Waals surface area contributed by atoms with Gasteiger partial charge in [-0.15, -0.1) is 11.3 Å². The van der Waals surface area contributed by atoms with Gasteiger partial charge in [0.15, 0.2) is 0 Å². The van der Waals surface area contributed by atoms with Gasteiger partial charge in [-0.3, -0.25) is 4.90 Å². The molecule has 5 heteroatoms. The SMILES string of the molecule is CN(Cc1ccc(Cl)s1)CC1CNCCO1. The summed E-state index contributed by atoms with van der Waals surface area (Å²) < 4.78 is 6.52. The highest BCUT2D eigenvalue weighted by Gasteiger charge is 2.15. The zero-order valence-corrected chi connectivity index (χ0v) is 11.0. The van der Waals surface area contributed by atoms with Crippen molar-refractivity contribution >= 4 is 22.9 Å². The van der Waals surface area contributed by atoms with Gasteiger partial charge < -0.3 is 10.1 Å². The van der Waals surface area contributed by atoms with Crippen LogP contribution >= 0.6 is 22.9 Å². The highest BCUT2D eigenvalue weighted by Crippen LogP contribution is 2.22. The van der Waals surface area contributed by atoms with E-state index in [1.165, 1.54) is 4.88 Å². The van der Waals surface area contributed by atoms with E-state index in [0.717, 1.165) is 37.1 Å². The minimum atomic E-state index is 0.314. The lowest BCUT2D eigenvalue weighted by molar-refractivity contribution is 0.00899. The Morgan fingerprint density at radius 3 is 3.12 bits per heavy atom. The summed E-state index contributed by atoms with van der Waals surface area (Å²) in [7, 11) is 2.12. The van der Waals surface area contributed by atoms with Gasteiger partial charge in [0.05, 0.1) is 17.0 Å². The molecule has 1 fully saturated rings. The average molecular weight is 261 g/mol. The van der Waals surface area contributed by atoms with Crippen LogP contribution in [0.25, 0.3) is 0 Å². The van der Waals surface area contributed by atoms with Gasteiger partial charge in [0.25, 0.3) is 0 Å². The van der Waals surface area contributed by atoms with Gasteiger partial charge in [0.1, 0.15) is 0 Å². The molecule has 3 nitrogen and oxygen atoms in total. The molecule has 1 aliphatic heterocycles. The molecular formula is C11H17ClN2OS. The van der Waals surface area contributed by atoms with Gasteiger partial charge in [-0.2, -0.15) is 0 Å².